The normalized spacial score (nSPS) is 11.9. The molecule has 2 aromatic rings. The van der Waals surface area contributed by atoms with E-state index < -0.39 is 6.10 Å². The van der Waals surface area contributed by atoms with E-state index in [0.717, 1.165) is 16.9 Å². The van der Waals surface area contributed by atoms with Crippen LogP contribution in [0.15, 0.2) is 36.4 Å². The molecule has 136 valence electrons. The number of aliphatic hydroxyl groups excluding tert-OH is 1. The molecule has 0 saturated heterocycles. The summed E-state index contributed by atoms with van der Waals surface area (Å²) in [6.45, 7) is 1.14. The van der Waals surface area contributed by atoms with E-state index in [-0.39, 0.29) is 0 Å². The summed E-state index contributed by atoms with van der Waals surface area (Å²) < 4.78 is 15.6. The molecule has 0 spiro atoms. The van der Waals surface area contributed by atoms with E-state index in [4.69, 9.17) is 25.8 Å². The monoisotopic (exact) mass is 365 g/mol. The Kier molecular flexibility index (Phi) is 7.37. The van der Waals surface area contributed by atoms with Crippen molar-refractivity contribution >= 4 is 11.6 Å². The fraction of sp³-hybridized carbons (Fsp3) is 0.368. The summed E-state index contributed by atoms with van der Waals surface area (Å²) in [5.74, 6) is 1.92. The average Bonchev–Trinajstić information content (AvgIpc) is 2.65. The number of rotatable bonds is 9. The van der Waals surface area contributed by atoms with E-state index in [1.165, 1.54) is 0 Å². The molecule has 0 radical (unpaired) electrons. The number of ether oxygens (including phenoxy) is 3. The fourth-order valence-corrected chi connectivity index (χ4v) is 2.86. The van der Waals surface area contributed by atoms with E-state index in [0.29, 0.717) is 36.0 Å². The summed E-state index contributed by atoms with van der Waals surface area (Å²) in [5.41, 5.74) is 1.81. The van der Waals surface area contributed by atoms with Gasteiger partial charge < -0.3 is 24.6 Å². The van der Waals surface area contributed by atoms with Gasteiger partial charge in [0.2, 0.25) is 0 Å². The Hall–Kier alpha value is -1.95. The molecule has 5 nitrogen and oxygen atoms in total. The summed E-state index contributed by atoms with van der Waals surface area (Å²) >= 11 is 6.36. The number of nitrogens with one attached hydrogen (secondary N) is 1. The molecule has 0 saturated carbocycles. The van der Waals surface area contributed by atoms with E-state index in [9.17, 15) is 5.11 Å². The van der Waals surface area contributed by atoms with Crippen LogP contribution in [0, 0.1) is 0 Å². The lowest BCUT2D eigenvalue weighted by Crippen LogP contribution is -2.23. The number of hydrogen-bond acceptors (Lipinski definition) is 5. The van der Waals surface area contributed by atoms with Gasteiger partial charge in [-0.15, -0.1) is 0 Å². The average molecular weight is 366 g/mol. The zero-order valence-electron chi connectivity index (χ0n) is 14.7. The van der Waals surface area contributed by atoms with Crippen LogP contribution >= 0.6 is 11.6 Å². The molecule has 2 aromatic carbocycles. The second-order valence-electron chi connectivity index (χ2n) is 5.52. The first kappa shape index (κ1) is 19.4. The molecule has 1 atom stereocenters. The Bertz CT molecular complexity index is 676. The molecule has 0 heterocycles. The molecular weight excluding hydrogens is 342 g/mol. The van der Waals surface area contributed by atoms with Crippen molar-refractivity contribution in [2.75, 3.05) is 34.4 Å². The summed E-state index contributed by atoms with van der Waals surface area (Å²) in [7, 11) is 4.76. The van der Waals surface area contributed by atoms with E-state index >= 15 is 0 Å². The highest BCUT2D eigenvalue weighted by atomic mass is 35.5. The minimum Gasteiger partial charge on any atom is -0.497 e. The van der Waals surface area contributed by atoms with E-state index in [2.05, 4.69) is 5.32 Å². The van der Waals surface area contributed by atoms with Gasteiger partial charge in [-0.3, -0.25) is 0 Å². The first-order valence-corrected chi connectivity index (χ1v) is 8.40. The van der Waals surface area contributed by atoms with Crippen LogP contribution in [0.5, 0.6) is 17.2 Å². The van der Waals surface area contributed by atoms with Gasteiger partial charge in [-0.05, 0) is 42.3 Å². The minimum absolute atomic E-state index is 0.456. The van der Waals surface area contributed by atoms with Crippen molar-refractivity contribution in [1.82, 2.24) is 5.32 Å². The number of methoxy groups -OCH3 is 3. The molecule has 0 aliphatic carbocycles. The molecule has 2 N–H and O–H groups in total. The summed E-state index contributed by atoms with van der Waals surface area (Å²) in [4.78, 5) is 0. The van der Waals surface area contributed by atoms with Gasteiger partial charge in [-0.2, -0.15) is 0 Å². The SMILES string of the molecule is COc1ccc([C@H](O)CNCCc2ccc(OC)c(OC)c2Cl)cc1. The molecule has 0 unspecified atom stereocenters. The molecule has 0 aliphatic heterocycles. The third-order valence-corrected chi connectivity index (χ3v) is 4.39. The zero-order valence-corrected chi connectivity index (χ0v) is 15.5. The van der Waals surface area contributed by atoms with Crippen molar-refractivity contribution in [3.05, 3.63) is 52.5 Å². The second kappa shape index (κ2) is 9.51. The lowest BCUT2D eigenvalue weighted by molar-refractivity contribution is 0.175. The van der Waals surface area contributed by atoms with Crippen LogP contribution in [-0.2, 0) is 6.42 Å². The van der Waals surface area contributed by atoms with Gasteiger partial charge in [0.25, 0.3) is 0 Å². The second-order valence-corrected chi connectivity index (χ2v) is 5.90. The molecule has 0 aliphatic rings. The summed E-state index contributed by atoms with van der Waals surface area (Å²) in [6.07, 6.45) is 0.140. The summed E-state index contributed by atoms with van der Waals surface area (Å²) in [5, 5.41) is 14.0. The molecule has 6 heteroatoms. The van der Waals surface area contributed by atoms with Crippen LogP contribution in [0.2, 0.25) is 5.02 Å². The van der Waals surface area contributed by atoms with Gasteiger partial charge in [-0.25, -0.2) is 0 Å². The smallest absolute Gasteiger partial charge is 0.179 e. The van der Waals surface area contributed by atoms with Gasteiger partial charge >= 0.3 is 0 Å². The standard InChI is InChI=1S/C19H24ClNO4/c1-23-15-7-4-13(5-8-15)16(22)12-21-11-10-14-6-9-17(24-2)19(25-3)18(14)20/h4-9,16,21-22H,10-12H2,1-3H3/t16-/m1/s1. The Labute approximate surface area is 153 Å². The lowest BCUT2D eigenvalue weighted by Gasteiger charge is -2.15. The van der Waals surface area contributed by atoms with Crippen molar-refractivity contribution in [3.63, 3.8) is 0 Å². The lowest BCUT2D eigenvalue weighted by atomic mass is 10.1. The molecule has 0 aromatic heterocycles. The largest absolute Gasteiger partial charge is 0.497 e. The highest BCUT2D eigenvalue weighted by Crippen LogP contribution is 2.37. The number of aliphatic hydroxyl groups is 1. The summed E-state index contributed by atoms with van der Waals surface area (Å²) in [6, 6.07) is 11.1. The van der Waals surface area contributed by atoms with Crippen LogP contribution in [0.25, 0.3) is 0 Å². The van der Waals surface area contributed by atoms with Crippen molar-refractivity contribution in [3.8, 4) is 17.2 Å². The molecule has 2 rings (SSSR count). The Balaban J connectivity index is 1.86. The van der Waals surface area contributed by atoms with Crippen molar-refractivity contribution in [2.24, 2.45) is 0 Å². The maximum Gasteiger partial charge on any atom is 0.179 e. The fourth-order valence-electron chi connectivity index (χ4n) is 2.53. The zero-order chi connectivity index (χ0) is 18.2. The Morgan fingerprint density at radius 2 is 1.72 bits per heavy atom. The minimum atomic E-state index is -0.577. The van der Waals surface area contributed by atoms with Gasteiger partial charge in [-0.1, -0.05) is 29.8 Å². The predicted octanol–water partition coefficient (Wildman–Crippen LogP) is 3.23. The van der Waals surface area contributed by atoms with Gasteiger partial charge in [0.1, 0.15) is 5.75 Å². The van der Waals surface area contributed by atoms with Crippen LogP contribution < -0.4 is 19.5 Å². The first-order valence-electron chi connectivity index (χ1n) is 8.02. The Morgan fingerprint density at radius 1 is 1.00 bits per heavy atom. The maximum atomic E-state index is 10.2. The highest BCUT2D eigenvalue weighted by Gasteiger charge is 2.13. The molecule has 0 amide bonds. The van der Waals surface area contributed by atoms with Crippen molar-refractivity contribution in [1.29, 1.82) is 0 Å². The Morgan fingerprint density at radius 3 is 2.32 bits per heavy atom. The quantitative estimate of drug-likeness (QED) is 0.668. The van der Waals surface area contributed by atoms with Crippen LogP contribution in [0.1, 0.15) is 17.2 Å². The molecular formula is C19H24ClNO4. The number of benzene rings is 2. The third-order valence-electron chi connectivity index (χ3n) is 3.97. The maximum absolute atomic E-state index is 10.2. The third kappa shape index (κ3) is 5.01. The molecule has 0 bridgehead atoms. The predicted molar refractivity (Wildman–Crippen MR) is 99.1 cm³/mol. The first-order chi connectivity index (χ1) is 12.1. The number of halogens is 1. The number of hydrogen-bond donors (Lipinski definition) is 2. The van der Waals surface area contributed by atoms with Crippen molar-refractivity contribution < 1.29 is 19.3 Å². The van der Waals surface area contributed by atoms with E-state index in [1.54, 1.807) is 21.3 Å². The topological polar surface area (TPSA) is 60.0 Å². The van der Waals surface area contributed by atoms with Crippen molar-refractivity contribution in [2.45, 2.75) is 12.5 Å². The van der Waals surface area contributed by atoms with Crippen LogP contribution in [-0.4, -0.2) is 39.5 Å². The van der Waals surface area contributed by atoms with Gasteiger partial charge in [0.05, 0.1) is 32.5 Å². The van der Waals surface area contributed by atoms with Gasteiger partial charge in [0.15, 0.2) is 11.5 Å². The van der Waals surface area contributed by atoms with E-state index in [1.807, 2.05) is 36.4 Å². The van der Waals surface area contributed by atoms with Gasteiger partial charge in [0, 0.05) is 6.54 Å². The highest BCUT2D eigenvalue weighted by molar-refractivity contribution is 6.33. The van der Waals surface area contributed by atoms with Crippen LogP contribution in [0.3, 0.4) is 0 Å². The van der Waals surface area contributed by atoms with Crippen LogP contribution in [0.4, 0.5) is 0 Å². The molecule has 0 fully saturated rings. The molecule has 25 heavy (non-hydrogen) atoms.